The monoisotopic (exact) mass is 497 g/mol. The maximum absolute atomic E-state index is 11.4. The number of aliphatic imine (C=N–C) groups is 1. The van der Waals surface area contributed by atoms with Crippen molar-refractivity contribution in [3.05, 3.63) is 0 Å². The summed E-state index contributed by atoms with van der Waals surface area (Å²) in [4.78, 5) is 4.93. The lowest BCUT2D eigenvalue weighted by atomic mass is 9.49. The van der Waals surface area contributed by atoms with Crippen LogP contribution in [0, 0.1) is 23.2 Å². The van der Waals surface area contributed by atoms with E-state index in [4.69, 9.17) is 4.99 Å². The van der Waals surface area contributed by atoms with Crippen molar-refractivity contribution in [3.8, 4) is 0 Å². The first-order valence-corrected chi connectivity index (χ1v) is 12.1. The quantitative estimate of drug-likeness (QED) is 0.322. The Morgan fingerprint density at radius 1 is 1.15 bits per heavy atom. The Morgan fingerprint density at radius 2 is 1.69 bits per heavy atom. The minimum atomic E-state index is -2.91. The number of halogens is 1. The van der Waals surface area contributed by atoms with Crippen molar-refractivity contribution in [1.82, 2.24) is 10.6 Å². The lowest BCUT2D eigenvalue weighted by Gasteiger charge is -2.56. The van der Waals surface area contributed by atoms with Crippen LogP contribution in [-0.4, -0.2) is 45.5 Å². The van der Waals surface area contributed by atoms with Gasteiger partial charge in [0, 0.05) is 25.4 Å². The Balaban J connectivity index is 0.00000243. The van der Waals surface area contributed by atoms with Crippen LogP contribution in [-0.2, 0) is 9.84 Å². The van der Waals surface area contributed by atoms with E-state index in [9.17, 15) is 8.42 Å². The number of rotatable bonds is 7. The Bertz CT molecular complexity index is 571. The summed E-state index contributed by atoms with van der Waals surface area (Å²) in [7, 11) is -2.91. The molecule has 4 bridgehead atoms. The average molecular weight is 497 g/mol. The first kappa shape index (κ1) is 22.2. The van der Waals surface area contributed by atoms with Crippen LogP contribution in [0.3, 0.4) is 0 Å². The molecule has 0 spiro atoms. The topological polar surface area (TPSA) is 70.6 Å². The molecular weight excluding hydrogens is 461 g/mol. The van der Waals surface area contributed by atoms with Gasteiger partial charge in [0.2, 0.25) is 0 Å². The van der Waals surface area contributed by atoms with Crippen molar-refractivity contribution in [2.45, 2.75) is 64.8 Å². The molecule has 4 saturated carbocycles. The molecule has 0 aromatic heterocycles. The van der Waals surface area contributed by atoms with Crippen molar-refractivity contribution in [3.63, 3.8) is 0 Å². The maximum Gasteiger partial charge on any atom is 0.191 e. The lowest BCUT2D eigenvalue weighted by Crippen LogP contribution is -2.48. The second kappa shape index (κ2) is 8.97. The number of nitrogens with one attached hydrogen (secondary N) is 2. The van der Waals surface area contributed by atoms with Crippen molar-refractivity contribution in [2.24, 2.45) is 28.2 Å². The molecule has 0 aliphatic heterocycles. The molecule has 1 unspecified atom stereocenters. The summed E-state index contributed by atoms with van der Waals surface area (Å²) in [5.41, 5.74) is 0.438. The van der Waals surface area contributed by atoms with Crippen LogP contribution in [0.4, 0.5) is 0 Å². The molecule has 4 aliphatic carbocycles. The van der Waals surface area contributed by atoms with E-state index in [-0.39, 0.29) is 35.8 Å². The molecule has 5 nitrogen and oxygen atoms in total. The molecule has 0 saturated heterocycles. The maximum atomic E-state index is 11.4. The summed E-state index contributed by atoms with van der Waals surface area (Å²) < 4.78 is 22.7. The summed E-state index contributed by atoms with van der Waals surface area (Å²) >= 11 is 0. The van der Waals surface area contributed by atoms with Gasteiger partial charge in [0.05, 0.1) is 5.75 Å². The standard InChI is InChI=1S/C19H35N3O2S.HI/c1-4-20-18(22-14(2)5-6-25(3,23)24)21-13-19-10-15-7-16(11-19)9-17(8-15)12-19;/h14-17H,4-13H2,1-3H3,(H2,20,21,22);1H. The molecule has 26 heavy (non-hydrogen) atoms. The van der Waals surface area contributed by atoms with E-state index in [1.807, 2.05) is 6.92 Å². The lowest BCUT2D eigenvalue weighted by molar-refractivity contribution is -0.0465. The predicted molar refractivity (Wildman–Crippen MR) is 119 cm³/mol. The van der Waals surface area contributed by atoms with Gasteiger partial charge in [0.1, 0.15) is 9.84 Å². The third-order valence-corrected chi connectivity index (χ3v) is 7.36. The van der Waals surface area contributed by atoms with Crippen LogP contribution in [0.1, 0.15) is 58.8 Å². The zero-order valence-electron chi connectivity index (χ0n) is 16.5. The minimum absolute atomic E-state index is 0. The molecule has 4 fully saturated rings. The highest BCUT2D eigenvalue weighted by Gasteiger charge is 2.50. The van der Waals surface area contributed by atoms with Gasteiger partial charge in [-0.3, -0.25) is 4.99 Å². The summed E-state index contributed by atoms with van der Waals surface area (Å²) in [6.07, 6.45) is 10.4. The fraction of sp³-hybridized carbons (Fsp3) is 0.947. The van der Waals surface area contributed by atoms with Gasteiger partial charge in [0.25, 0.3) is 0 Å². The molecule has 2 N–H and O–H groups in total. The molecule has 0 amide bonds. The molecular formula is C19H36IN3O2S. The van der Waals surface area contributed by atoms with E-state index in [1.54, 1.807) is 0 Å². The SMILES string of the molecule is CCNC(=NCC12CC3CC(CC(C3)C1)C2)NC(C)CCS(C)(=O)=O.I. The van der Waals surface area contributed by atoms with Crippen LogP contribution in [0.15, 0.2) is 4.99 Å². The van der Waals surface area contributed by atoms with Gasteiger partial charge >= 0.3 is 0 Å². The number of sulfone groups is 1. The van der Waals surface area contributed by atoms with Gasteiger partial charge in [0.15, 0.2) is 5.96 Å². The molecule has 152 valence electrons. The molecule has 0 heterocycles. The number of hydrogen-bond donors (Lipinski definition) is 2. The highest BCUT2D eigenvalue weighted by Crippen LogP contribution is 2.60. The number of hydrogen-bond acceptors (Lipinski definition) is 3. The van der Waals surface area contributed by atoms with Crippen LogP contribution in [0.2, 0.25) is 0 Å². The number of guanidine groups is 1. The highest BCUT2D eigenvalue weighted by molar-refractivity contribution is 14.0. The van der Waals surface area contributed by atoms with Crippen molar-refractivity contribution < 1.29 is 8.42 Å². The highest BCUT2D eigenvalue weighted by atomic mass is 127. The third-order valence-electron chi connectivity index (χ3n) is 6.39. The minimum Gasteiger partial charge on any atom is -0.357 e. The second-order valence-electron chi connectivity index (χ2n) is 9.08. The van der Waals surface area contributed by atoms with Gasteiger partial charge in [-0.25, -0.2) is 8.42 Å². The van der Waals surface area contributed by atoms with Gasteiger partial charge in [-0.2, -0.15) is 0 Å². The van der Waals surface area contributed by atoms with E-state index >= 15 is 0 Å². The molecule has 0 aromatic rings. The molecule has 4 rings (SSSR count). The van der Waals surface area contributed by atoms with E-state index in [2.05, 4.69) is 17.6 Å². The van der Waals surface area contributed by atoms with Gasteiger partial charge < -0.3 is 10.6 Å². The first-order chi connectivity index (χ1) is 11.8. The van der Waals surface area contributed by atoms with Crippen LogP contribution >= 0.6 is 24.0 Å². The Hall–Kier alpha value is -0.0500. The summed E-state index contributed by atoms with van der Waals surface area (Å²) in [6, 6.07) is 0.101. The second-order valence-corrected chi connectivity index (χ2v) is 11.3. The molecule has 0 radical (unpaired) electrons. The molecule has 7 heteroatoms. The van der Waals surface area contributed by atoms with E-state index < -0.39 is 9.84 Å². The zero-order valence-corrected chi connectivity index (χ0v) is 19.6. The summed E-state index contributed by atoms with van der Waals surface area (Å²) in [6.45, 7) is 5.85. The molecule has 1 atom stereocenters. The Labute approximate surface area is 176 Å². The van der Waals surface area contributed by atoms with Crippen LogP contribution < -0.4 is 10.6 Å². The van der Waals surface area contributed by atoms with E-state index in [0.29, 0.717) is 11.8 Å². The van der Waals surface area contributed by atoms with E-state index in [1.165, 1.54) is 44.8 Å². The zero-order chi connectivity index (χ0) is 18.1. The van der Waals surface area contributed by atoms with Crippen molar-refractivity contribution in [2.75, 3.05) is 25.1 Å². The fourth-order valence-corrected chi connectivity index (χ4v) is 6.53. The fourth-order valence-electron chi connectivity index (χ4n) is 5.75. The largest absolute Gasteiger partial charge is 0.357 e. The Morgan fingerprint density at radius 3 is 2.15 bits per heavy atom. The molecule has 4 aliphatic rings. The van der Waals surface area contributed by atoms with Gasteiger partial charge in [-0.05, 0) is 82.0 Å². The van der Waals surface area contributed by atoms with Gasteiger partial charge in [-0.15, -0.1) is 24.0 Å². The number of nitrogens with zero attached hydrogens (tertiary/aromatic N) is 1. The third kappa shape index (κ3) is 5.97. The normalized spacial score (nSPS) is 34.3. The first-order valence-electron chi connectivity index (χ1n) is 9.99. The smallest absolute Gasteiger partial charge is 0.191 e. The predicted octanol–water partition coefficient (Wildman–Crippen LogP) is 3.20. The van der Waals surface area contributed by atoms with Crippen LogP contribution in [0.25, 0.3) is 0 Å². The Kier molecular flexibility index (Phi) is 7.67. The van der Waals surface area contributed by atoms with E-state index in [0.717, 1.165) is 36.8 Å². The molecule has 0 aromatic carbocycles. The summed E-state index contributed by atoms with van der Waals surface area (Å²) in [5, 5.41) is 6.73. The van der Waals surface area contributed by atoms with Crippen molar-refractivity contribution in [1.29, 1.82) is 0 Å². The summed E-state index contributed by atoms with van der Waals surface area (Å²) in [5.74, 6) is 3.91. The van der Waals surface area contributed by atoms with Gasteiger partial charge in [-0.1, -0.05) is 0 Å². The van der Waals surface area contributed by atoms with Crippen LogP contribution in [0.5, 0.6) is 0 Å². The average Bonchev–Trinajstić information content (AvgIpc) is 2.49. The van der Waals surface area contributed by atoms with Crippen molar-refractivity contribution >= 4 is 39.8 Å².